The molecular weight excluding hydrogens is 687 g/mol. The maximum atomic E-state index is 6.36. The van der Waals surface area contributed by atoms with Crippen molar-refractivity contribution in [1.82, 2.24) is 0 Å². The summed E-state index contributed by atoms with van der Waals surface area (Å²) in [4.78, 5) is 2.39. The van der Waals surface area contributed by atoms with Gasteiger partial charge in [-0.2, -0.15) is 0 Å². The number of furan rings is 1. The normalized spacial score (nSPS) is 11.6. The number of para-hydroxylation sites is 2. The molecule has 2 nitrogen and oxygen atoms in total. The van der Waals surface area contributed by atoms with E-state index in [1.165, 1.54) is 53.2 Å². The van der Waals surface area contributed by atoms with Crippen molar-refractivity contribution in [3.05, 3.63) is 200 Å². The van der Waals surface area contributed by atoms with Crippen molar-refractivity contribution < 1.29 is 4.42 Å². The average molecular weight is 720 g/mol. The van der Waals surface area contributed by atoms with Crippen molar-refractivity contribution in [2.45, 2.75) is 0 Å². The maximum absolute atomic E-state index is 6.36. The second kappa shape index (κ2) is 12.9. The number of hydrogen-bond donors (Lipinski definition) is 0. The Hall–Kier alpha value is -6.94. The molecule has 0 unspecified atom stereocenters. The highest BCUT2D eigenvalue weighted by molar-refractivity contribution is 7.25. The highest BCUT2D eigenvalue weighted by atomic mass is 32.1. The van der Waals surface area contributed by atoms with Crippen LogP contribution in [0, 0.1) is 0 Å². The molecule has 9 aromatic carbocycles. The van der Waals surface area contributed by atoms with E-state index < -0.39 is 0 Å². The Morgan fingerprint density at radius 1 is 0.364 bits per heavy atom. The first-order chi connectivity index (χ1) is 27.3. The van der Waals surface area contributed by atoms with Gasteiger partial charge in [-0.1, -0.05) is 140 Å². The molecule has 0 aliphatic carbocycles. The van der Waals surface area contributed by atoms with Crippen molar-refractivity contribution in [2.75, 3.05) is 4.90 Å². The molecule has 3 heteroatoms. The Kier molecular flexibility index (Phi) is 7.39. The molecule has 55 heavy (non-hydrogen) atoms. The van der Waals surface area contributed by atoms with E-state index in [0.29, 0.717) is 0 Å². The fraction of sp³-hybridized carbons (Fsp3) is 0. The molecule has 0 bridgehead atoms. The Bertz CT molecular complexity index is 3200. The predicted molar refractivity (Wildman–Crippen MR) is 235 cm³/mol. The van der Waals surface area contributed by atoms with E-state index in [0.717, 1.165) is 50.1 Å². The minimum Gasteiger partial charge on any atom is -0.456 e. The zero-order valence-corrected chi connectivity index (χ0v) is 30.6. The molecule has 2 heterocycles. The van der Waals surface area contributed by atoms with Gasteiger partial charge in [-0.25, -0.2) is 0 Å². The van der Waals surface area contributed by atoms with Crippen LogP contribution in [0.4, 0.5) is 17.1 Å². The summed E-state index contributed by atoms with van der Waals surface area (Å²) in [6.07, 6.45) is 0. The Labute approximate surface area is 322 Å². The first kappa shape index (κ1) is 31.6. The van der Waals surface area contributed by atoms with Crippen LogP contribution in [0.3, 0.4) is 0 Å². The molecule has 0 atom stereocenters. The number of anilines is 3. The molecule has 0 saturated heterocycles. The van der Waals surface area contributed by atoms with E-state index >= 15 is 0 Å². The fourth-order valence-electron chi connectivity index (χ4n) is 8.30. The summed E-state index contributed by atoms with van der Waals surface area (Å²) >= 11 is 1.86. The van der Waals surface area contributed by atoms with E-state index in [2.05, 4.69) is 199 Å². The summed E-state index contributed by atoms with van der Waals surface area (Å²) < 4.78 is 9.00. The molecule has 0 saturated carbocycles. The van der Waals surface area contributed by atoms with Crippen LogP contribution in [-0.4, -0.2) is 0 Å². The molecule has 0 N–H and O–H groups in total. The Balaban J connectivity index is 1.07. The van der Waals surface area contributed by atoms with Crippen molar-refractivity contribution in [3.8, 4) is 33.4 Å². The van der Waals surface area contributed by atoms with Crippen LogP contribution in [0.25, 0.3) is 86.3 Å². The number of fused-ring (bicyclic) bond motifs is 7. The molecule has 0 spiro atoms. The second-order valence-corrected chi connectivity index (χ2v) is 15.1. The van der Waals surface area contributed by atoms with Gasteiger partial charge in [0.15, 0.2) is 0 Å². The summed E-state index contributed by atoms with van der Waals surface area (Å²) in [6.45, 7) is 0. The lowest BCUT2D eigenvalue weighted by molar-refractivity contribution is 0.669. The monoisotopic (exact) mass is 719 g/mol. The van der Waals surface area contributed by atoms with E-state index in [1.807, 2.05) is 17.4 Å². The molecule has 2 aromatic heterocycles. The third kappa shape index (κ3) is 5.32. The summed E-state index contributed by atoms with van der Waals surface area (Å²) in [7, 11) is 0. The van der Waals surface area contributed by atoms with Gasteiger partial charge in [0.1, 0.15) is 11.2 Å². The zero-order chi connectivity index (χ0) is 36.3. The largest absolute Gasteiger partial charge is 0.456 e. The van der Waals surface area contributed by atoms with Crippen LogP contribution in [0.5, 0.6) is 0 Å². The summed E-state index contributed by atoms with van der Waals surface area (Å²) in [5.41, 5.74) is 12.1. The number of hydrogen-bond acceptors (Lipinski definition) is 3. The summed E-state index contributed by atoms with van der Waals surface area (Å²) in [5, 5.41) is 7.37. The summed E-state index contributed by atoms with van der Waals surface area (Å²) in [6, 6.07) is 72.2. The predicted octanol–water partition coefficient (Wildman–Crippen LogP) is 15.6. The molecule has 11 rings (SSSR count). The smallest absolute Gasteiger partial charge is 0.136 e. The highest BCUT2D eigenvalue weighted by Crippen LogP contribution is 2.45. The lowest BCUT2D eigenvalue weighted by Gasteiger charge is -2.28. The van der Waals surface area contributed by atoms with Gasteiger partial charge in [-0.15, -0.1) is 11.3 Å². The van der Waals surface area contributed by atoms with Gasteiger partial charge >= 0.3 is 0 Å². The maximum Gasteiger partial charge on any atom is 0.136 e. The van der Waals surface area contributed by atoms with Crippen LogP contribution < -0.4 is 4.90 Å². The second-order valence-electron chi connectivity index (χ2n) is 14.1. The van der Waals surface area contributed by atoms with E-state index in [4.69, 9.17) is 4.42 Å². The summed E-state index contributed by atoms with van der Waals surface area (Å²) in [5.74, 6) is 0. The van der Waals surface area contributed by atoms with Gasteiger partial charge < -0.3 is 9.32 Å². The standard InChI is InChI=1S/C52H33NOS/c1-2-13-40-35(11-1)12-9-17-41(40)36-25-30-39(31-26-36)53(38-28-23-34(24-29-38)37-27-32-51-46(33-37)43-15-5-8-22-50(43)55-51)47-19-6-3-14-42(47)44-18-10-21-49-52(44)45-16-4-7-20-48(45)54-49/h1-33H. The first-order valence-electron chi connectivity index (χ1n) is 18.7. The van der Waals surface area contributed by atoms with Crippen LogP contribution in [0.2, 0.25) is 0 Å². The van der Waals surface area contributed by atoms with Crippen LogP contribution >= 0.6 is 11.3 Å². The highest BCUT2D eigenvalue weighted by Gasteiger charge is 2.21. The van der Waals surface area contributed by atoms with E-state index in [-0.39, 0.29) is 0 Å². The van der Waals surface area contributed by atoms with Crippen molar-refractivity contribution >= 4 is 81.3 Å². The SMILES string of the molecule is c1ccc(N(c2ccc(-c3ccc4sc5ccccc5c4c3)cc2)c2ccc(-c3cccc4ccccc34)cc2)c(-c2cccc3oc4ccccc4c23)c1. The minimum absolute atomic E-state index is 0.888. The molecule has 0 fully saturated rings. The van der Waals surface area contributed by atoms with Gasteiger partial charge in [0.25, 0.3) is 0 Å². The van der Waals surface area contributed by atoms with Gasteiger partial charge in [-0.05, 0) is 99.3 Å². The topological polar surface area (TPSA) is 16.4 Å². The van der Waals surface area contributed by atoms with Gasteiger partial charge in [-0.3, -0.25) is 0 Å². The van der Waals surface area contributed by atoms with Crippen molar-refractivity contribution in [1.29, 1.82) is 0 Å². The van der Waals surface area contributed by atoms with Gasteiger partial charge in [0.2, 0.25) is 0 Å². The lowest BCUT2D eigenvalue weighted by Crippen LogP contribution is -2.11. The molecule has 0 amide bonds. The molecule has 258 valence electrons. The third-order valence-corrected chi connectivity index (χ3v) is 12.1. The quantitative estimate of drug-likeness (QED) is 0.170. The zero-order valence-electron chi connectivity index (χ0n) is 29.8. The Morgan fingerprint density at radius 2 is 0.945 bits per heavy atom. The first-order valence-corrected chi connectivity index (χ1v) is 19.5. The molecule has 0 aliphatic rings. The lowest BCUT2D eigenvalue weighted by atomic mass is 9.96. The average Bonchev–Trinajstić information content (AvgIpc) is 3.83. The molecular formula is C52H33NOS. The van der Waals surface area contributed by atoms with Gasteiger partial charge in [0.05, 0.1) is 5.69 Å². The van der Waals surface area contributed by atoms with Crippen LogP contribution in [0.1, 0.15) is 0 Å². The molecule has 0 aliphatic heterocycles. The number of thiophene rings is 1. The number of rotatable bonds is 6. The number of benzene rings is 9. The van der Waals surface area contributed by atoms with Crippen LogP contribution in [0.15, 0.2) is 205 Å². The fourth-order valence-corrected chi connectivity index (χ4v) is 9.38. The molecule has 0 radical (unpaired) electrons. The van der Waals surface area contributed by atoms with E-state index in [1.54, 1.807) is 0 Å². The van der Waals surface area contributed by atoms with Gasteiger partial charge in [0, 0.05) is 47.9 Å². The number of nitrogens with zero attached hydrogens (tertiary/aromatic N) is 1. The van der Waals surface area contributed by atoms with Crippen molar-refractivity contribution in [2.24, 2.45) is 0 Å². The van der Waals surface area contributed by atoms with Crippen molar-refractivity contribution in [3.63, 3.8) is 0 Å². The van der Waals surface area contributed by atoms with Crippen LogP contribution in [-0.2, 0) is 0 Å². The Morgan fingerprint density at radius 3 is 1.80 bits per heavy atom. The van der Waals surface area contributed by atoms with E-state index in [9.17, 15) is 0 Å². The molecule has 11 aromatic rings. The third-order valence-electron chi connectivity index (χ3n) is 10.9. The minimum atomic E-state index is 0.888.